The summed E-state index contributed by atoms with van der Waals surface area (Å²) in [5, 5.41) is 4.00. The maximum Gasteiger partial charge on any atom is 0.130 e. The number of aryl methyl sites for hydroxylation is 1. The number of hydrogen-bond donors (Lipinski definition) is 1. The van der Waals surface area contributed by atoms with Crippen molar-refractivity contribution < 1.29 is 8.78 Å². The van der Waals surface area contributed by atoms with E-state index in [-0.39, 0.29) is 18.2 Å². The van der Waals surface area contributed by atoms with Gasteiger partial charge in [0.25, 0.3) is 0 Å². The van der Waals surface area contributed by atoms with Gasteiger partial charge in [-0.1, -0.05) is 6.07 Å². The number of benzene rings is 1. The third kappa shape index (κ3) is 2.91. The lowest BCUT2D eigenvalue weighted by molar-refractivity contribution is 0.508. The van der Waals surface area contributed by atoms with Crippen molar-refractivity contribution in [3.05, 3.63) is 51.5 Å². The number of nitrogens with one attached hydrogen (secondary N) is 1. The van der Waals surface area contributed by atoms with Gasteiger partial charge in [0.1, 0.15) is 16.6 Å². The minimum absolute atomic E-state index is 0.0253. The van der Waals surface area contributed by atoms with Crippen LogP contribution < -0.4 is 5.32 Å². The van der Waals surface area contributed by atoms with Crippen molar-refractivity contribution in [1.82, 2.24) is 10.3 Å². The van der Waals surface area contributed by atoms with Crippen LogP contribution in [0.4, 0.5) is 8.78 Å². The maximum absolute atomic E-state index is 13.4. The minimum Gasteiger partial charge on any atom is -0.304 e. The van der Waals surface area contributed by atoms with E-state index in [0.29, 0.717) is 0 Å². The zero-order valence-electron chi connectivity index (χ0n) is 10.2. The molecule has 18 heavy (non-hydrogen) atoms. The highest BCUT2D eigenvalue weighted by Crippen LogP contribution is 2.20. The first-order chi connectivity index (χ1) is 8.58. The Labute approximate surface area is 109 Å². The highest BCUT2D eigenvalue weighted by molar-refractivity contribution is 7.11. The molecule has 0 radical (unpaired) electrons. The predicted molar refractivity (Wildman–Crippen MR) is 68.5 cm³/mol. The standard InChI is InChI=1S/C13H14F2N2S/c1-8-6-17-13(18-8)9(2)16-7-10-11(14)4-3-5-12(10)15/h3-6,9,16H,7H2,1-2H3. The van der Waals surface area contributed by atoms with Crippen LogP contribution in [0.25, 0.3) is 0 Å². The van der Waals surface area contributed by atoms with Gasteiger partial charge in [-0.05, 0) is 26.0 Å². The van der Waals surface area contributed by atoms with E-state index in [4.69, 9.17) is 0 Å². The largest absolute Gasteiger partial charge is 0.304 e. The van der Waals surface area contributed by atoms with Crippen LogP contribution in [0.2, 0.25) is 0 Å². The van der Waals surface area contributed by atoms with Crippen molar-refractivity contribution >= 4 is 11.3 Å². The van der Waals surface area contributed by atoms with Crippen molar-refractivity contribution in [3.63, 3.8) is 0 Å². The monoisotopic (exact) mass is 268 g/mol. The molecular formula is C13H14F2N2S. The Hall–Kier alpha value is -1.33. The zero-order chi connectivity index (χ0) is 13.1. The molecule has 0 aliphatic carbocycles. The predicted octanol–water partition coefficient (Wildman–Crippen LogP) is 3.58. The molecule has 0 saturated heterocycles. The van der Waals surface area contributed by atoms with Gasteiger partial charge in [-0.2, -0.15) is 0 Å². The van der Waals surface area contributed by atoms with E-state index in [2.05, 4.69) is 10.3 Å². The van der Waals surface area contributed by atoms with E-state index in [1.807, 2.05) is 13.8 Å². The van der Waals surface area contributed by atoms with Crippen molar-refractivity contribution in [2.45, 2.75) is 26.4 Å². The van der Waals surface area contributed by atoms with Crippen LogP contribution in [-0.4, -0.2) is 4.98 Å². The lowest BCUT2D eigenvalue weighted by atomic mass is 10.2. The van der Waals surface area contributed by atoms with E-state index in [1.54, 1.807) is 17.5 Å². The molecular weight excluding hydrogens is 254 g/mol. The zero-order valence-corrected chi connectivity index (χ0v) is 11.0. The molecule has 0 amide bonds. The second-order valence-corrected chi connectivity index (χ2v) is 5.38. The fourth-order valence-corrected chi connectivity index (χ4v) is 2.42. The molecule has 5 heteroatoms. The minimum atomic E-state index is -0.523. The van der Waals surface area contributed by atoms with Crippen LogP contribution in [-0.2, 0) is 6.54 Å². The van der Waals surface area contributed by atoms with Crippen LogP contribution in [0.15, 0.2) is 24.4 Å². The molecule has 96 valence electrons. The lowest BCUT2D eigenvalue weighted by Crippen LogP contribution is -2.19. The first-order valence-corrected chi connectivity index (χ1v) is 6.48. The molecule has 2 aromatic rings. The molecule has 1 atom stereocenters. The van der Waals surface area contributed by atoms with Gasteiger partial charge in [0.2, 0.25) is 0 Å². The summed E-state index contributed by atoms with van der Waals surface area (Å²) >= 11 is 1.58. The van der Waals surface area contributed by atoms with Crippen LogP contribution in [0.3, 0.4) is 0 Å². The van der Waals surface area contributed by atoms with E-state index in [1.165, 1.54) is 18.2 Å². The first-order valence-electron chi connectivity index (χ1n) is 5.66. The number of thiazole rings is 1. The maximum atomic E-state index is 13.4. The first kappa shape index (κ1) is 13.1. The molecule has 1 aromatic heterocycles. The van der Waals surface area contributed by atoms with E-state index < -0.39 is 11.6 Å². The van der Waals surface area contributed by atoms with Gasteiger partial charge in [-0.25, -0.2) is 13.8 Å². The van der Waals surface area contributed by atoms with Crippen molar-refractivity contribution in [1.29, 1.82) is 0 Å². The summed E-state index contributed by atoms with van der Waals surface area (Å²) in [7, 11) is 0. The third-order valence-electron chi connectivity index (χ3n) is 2.66. The lowest BCUT2D eigenvalue weighted by Gasteiger charge is -2.12. The number of rotatable bonds is 4. The summed E-state index contributed by atoms with van der Waals surface area (Å²) in [5.41, 5.74) is 0.0672. The molecule has 0 spiro atoms. The molecule has 1 heterocycles. The summed E-state index contributed by atoms with van der Waals surface area (Å²) < 4.78 is 26.8. The summed E-state index contributed by atoms with van der Waals surface area (Å²) in [4.78, 5) is 5.36. The molecule has 0 bridgehead atoms. The second kappa shape index (κ2) is 5.54. The molecule has 0 saturated carbocycles. The number of hydrogen-bond acceptors (Lipinski definition) is 3. The number of halogens is 2. The Bertz CT molecular complexity index is 519. The molecule has 0 aliphatic heterocycles. The van der Waals surface area contributed by atoms with E-state index in [9.17, 15) is 8.78 Å². The highest BCUT2D eigenvalue weighted by Gasteiger charge is 2.12. The van der Waals surface area contributed by atoms with Crippen LogP contribution in [0, 0.1) is 18.6 Å². The van der Waals surface area contributed by atoms with Gasteiger partial charge in [-0.3, -0.25) is 0 Å². The van der Waals surface area contributed by atoms with Crippen LogP contribution >= 0.6 is 11.3 Å². The van der Waals surface area contributed by atoms with Gasteiger partial charge in [-0.15, -0.1) is 11.3 Å². The number of nitrogens with zero attached hydrogens (tertiary/aromatic N) is 1. The molecule has 0 fully saturated rings. The Morgan fingerprint density at radius 3 is 2.56 bits per heavy atom. The molecule has 2 nitrogen and oxygen atoms in total. The summed E-state index contributed by atoms with van der Waals surface area (Å²) in [6, 6.07) is 3.86. The van der Waals surface area contributed by atoms with E-state index >= 15 is 0 Å². The molecule has 1 unspecified atom stereocenters. The fraction of sp³-hybridized carbons (Fsp3) is 0.308. The van der Waals surface area contributed by atoms with Crippen molar-refractivity contribution in [3.8, 4) is 0 Å². The molecule has 0 aliphatic rings. The highest BCUT2D eigenvalue weighted by atomic mass is 32.1. The molecule has 1 N–H and O–H groups in total. The normalized spacial score (nSPS) is 12.7. The topological polar surface area (TPSA) is 24.9 Å². The van der Waals surface area contributed by atoms with Gasteiger partial charge >= 0.3 is 0 Å². The Kier molecular flexibility index (Phi) is 4.04. The fourth-order valence-electron chi connectivity index (χ4n) is 1.62. The van der Waals surface area contributed by atoms with Gasteiger partial charge in [0.15, 0.2) is 0 Å². The Morgan fingerprint density at radius 2 is 2.00 bits per heavy atom. The second-order valence-electron chi connectivity index (χ2n) is 4.11. The summed E-state index contributed by atoms with van der Waals surface area (Å²) in [6.07, 6.45) is 1.79. The van der Waals surface area contributed by atoms with Crippen LogP contribution in [0.5, 0.6) is 0 Å². The average Bonchev–Trinajstić information content (AvgIpc) is 2.75. The Balaban J connectivity index is 2.03. The quantitative estimate of drug-likeness (QED) is 0.916. The summed E-state index contributed by atoms with van der Waals surface area (Å²) in [6.45, 7) is 4.06. The Morgan fingerprint density at radius 1 is 1.33 bits per heavy atom. The van der Waals surface area contributed by atoms with Gasteiger partial charge in [0, 0.05) is 23.2 Å². The van der Waals surface area contributed by atoms with E-state index in [0.717, 1.165) is 9.88 Å². The van der Waals surface area contributed by atoms with Gasteiger partial charge < -0.3 is 5.32 Å². The van der Waals surface area contributed by atoms with Crippen molar-refractivity contribution in [2.24, 2.45) is 0 Å². The summed E-state index contributed by atoms with van der Waals surface area (Å²) in [5.74, 6) is -1.05. The third-order valence-corrected chi connectivity index (χ3v) is 3.75. The van der Waals surface area contributed by atoms with Gasteiger partial charge in [0.05, 0.1) is 6.04 Å². The number of aromatic nitrogens is 1. The van der Waals surface area contributed by atoms with Crippen LogP contribution in [0.1, 0.15) is 28.4 Å². The molecule has 1 aromatic carbocycles. The smallest absolute Gasteiger partial charge is 0.130 e. The average molecular weight is 268 g/mol. The SMILES string of the molecule is Cc1cnc(C(C)NCc2c(F)cccc2F)s1. The van der Waals surface area contributed by atoms with Crippen molar-refractivity contribution in [2.75, 3.05) is 0 Å². The molecule has 2 rings (SSSR count).